The molecule has 0 fully saturated rings. The van der Waals surface area contributed by atoms with E-state index < -0.39 is 41.4 Å². The number of hydrogen-bond donors (Lipinski definition) is 0. The highest BCUT2D eigenvalue weighted by Crippen LogP contribution is 2.20. The van der Waals surface area contributed by atoms with Crippen molar-refractivity contribution in [1.29, 1.82) is 0 Å². The Morgan fingerprint density at radius 1 is 1.12 bits per heavy atom. The summed E-state index contributed by atoms with van der Waals surface area (Å²) in [6, 6.07) is 1.75. The third kappa shape index (κ3) is 3.33. The summed E-state index contributed by atoms with van der Waals surface area (Å²) in [4.78, 5) is 21.6. The molecule has 7 heteroatoms. The molecule has 92 valence electrons. The fraction of sp³-hybridized carbons (Fsp3) is 0.200. The number of carbonyl (C=O) groups is 2. The molecule has 1 rings (SSSR count). The van der Waals surface area contributed by atoms with Crippen LogP contribution in [0.2, 0.25) is 0 Å². The average Bonchev–Trinajstić information content (AvgIpc) is 2.20. The lowest BCUT2D eigenvalue weighted by atomic mass is 10.1. The zero-order chi connectivity index (χ0) is 13.2. The minimum Gasteiger partial charge on any atom is -0.294 e. The number of benzene rings is 1. The smallest absolute Gasteiger partial charge is 0.294 e. The first kappa shape index (κ1) is 13.3. The van der Waals surface area contributed by atoms with Crippen LogP contribution in [-0.2, 0) is 4.79 Å². The van der Waals surface area contributed by atoms with Gasteiger partial charge in [0.15, 0.2) is 5.78 Å². The molecule has 1 aromatic carbocycles. The van der Waals surface area contributed by atoms with Crippen molar-refractivity contribution in [1.82, 2.24) is 0 Å². The van der Waals surface area contributed by atoms with Gasteiger partial charge in [0.2, 0.25) is 5.78 Å². The molecule has 0 bridgehead atoms. The van der Waals surface area contributed by atoms with Crippen LogP contribution >= 0.6 is 0 Å². The molecule has 0 aromatic heterocycles. The molecule has 0 unspecified atom stereocenters. The Labute approximate surface area is 92.0 Å². The highest BCUT2D eigenvalue weighted by Gasteiger charge is 2.39. The van der Waals surface area contributed by atoms with Crippen molar-refractivity contribution in [3.8, 4) is 0 Å². The summed E-state index contributed by atoms with van der Waals surface area (Å²) in [5.41, 5.74) is -0.873. The van der Waals surface area contributed by atoms with E-state index in [1.165, 1.54) is 0 Å². The molecule has 0 aliphatic rings. The average molecular weight is 252 g/mol. The van der Waals surface area contributed by atoms with E-state index in [0.29, 0.717) is 18.2 Å². The van der Waals surface area contributed by atoms with Gasteiger partial charge in [0.05, 0.1) is 12.0 Å². The van der Waals surface area contributed by atoms with Gasteiger partial charge in [0, 0.05) is 0 Å². The third-order valence-electron chi connectivity index (χ3n) is 1.87. The number of Topliss-reactive ketones (excluding diaryl/α,β-unsaturated/α-hetero) is 2. The van der Waals surface area contributed by atoms with Gasteiger partial charge in [-0.05, 0) is 18.2 Å². The maximum Gasteiger partial charge on any atom is 0.450 e. The number of ketones is 2. The van der Waals surface area contributed by atoms with E-state index in [1.54, 1.807) is 0 Å². The van der Waals surface area contributed by atoms with Crippen LogP contribution in [0, 0.1) is 11.6 Å². The van der Waals surface area contributed by atoms with Crippen LogP contribution in [0.4, 0.5) is 22.0 Å². The molecular formula is C10H5F5O2. The second kappa shape index (κ2) is 4.60. The standard InChI is InChI=1S/C10H5F5O2/c11-5-1-2-7(12)6(3-5)8(16)4-9(17)10(13,14)15/h1-3H,4H2. The summed E-state index contributed by atoms with van der Waals surface area (Å²) in [7, 11) is 0. The van der Waals surface area contributed by atoms with Gasteiger partial charge < -0.3 is 0 Å². The third-order valence-corrected chi connectivity index (χ3v) is 1.87. The van der Waals surface area contributed by atoms with Gasteiger partial charge in [-0.3, -0.25) is 9.59 Å². The van der Waals surface area contributed by atoms with E-state index in [4.69, 9.17) is 0 Å². The van der Waals surface area contributed by atoms with Gasteiger partial charge in [-0.25, -0.2) is 8.78 Å². The molecule has 17 heavy (non-hydrogen) atoms. The van der Waals surface area contributed by atoms with Crippen molar-refractivity contribution in [3.63, 3.8) is 0 Å². The lowest BCUT2D eigenvalue weighted by Gasteiger charge is -2.05. The Morgan fingerprint density at radius 3 is 2.24 bits per heavy atom. The van der Waals surface area contributed by atoms with Gasteiger partial charge in [0.1, 0.15) is 11.6 Å². The number of alkyl halides is 3. The van der Waals surface area contributed by atoms with Crippen molar-refractivity contribution in [2.45, 2.75) is 12.6 Å². The topological polar surface area (TPSA) is 34.1 Å². The summed E-state index contributed by atoms with van der Waals surface area (Å²) in [6.07, 6.45) is -6.71. The largest absolute Gasteiger partial charge is 0.450 e. The minimum atomic E-state index is -5.17. The van der Waals surface area contributed by atoms with Gasteiger partial charge in [-0.15, -0.1) is 0 Å². The highest BCUT2D eigenvalue weighted by molar-refractivity contribution is 6.09. The fourth-order valence-corrected chi connectivity index (χ4v) is 1.05. The SMILES string of the molecule is O=C(CC(=O)C(F)(F)F)c1cc(F)ccc1F. The first-order valence-electron chi connectivity index (χ1n) is 4.30. The van der Waals surface area contributed by atoms with Gasteiger partial charge >= 0.3 is 6.18 Å². The summed E-state index contributed by atoms with van der Waals surface area (Å²) in [5.74, 6) is -5.86. The van der Waals surface area contributed by atoms with Crippen molar-refractivity contribution in [2.24, 2.45) is 0 Å². The Morgan fingerprint density at radius 2 is 1.71 bits per heavy atom. The first-order valence-corrected chi connectivity index (χ1v) is 4.30. The molecule has 2 nitrogen and oxygen atoms in total. The predicted molar refractivity (Wildman–Crippen MR) is 46.4 cm³/mol. The molecule has 0 radical (unpaired) electrons. The van der Waals surface area contributed by atoms with Crippen LogP contribution in [-0.4, -0.2) is 17.7 Å². The summed E-state index contributed by atoms with van der Waals surface area (Å²) < 4.78 is 61.1. The van der Waals surface area contributed by atoms with E-state index in [-0.39, 0.29) is 0 Å². The van der Waals surface area contributed by atoms with Gasteiger partial charge in [-0.2, -0.15) is 13.2 Å². The molecule has 0 spiro atoms. The molecule has 0 aliphatic heterocycles. The Hall–Kier alpha value is -1.79. The molecule has 0 aliphatic carbocycles. The van der Waals surface area contributed by atoms with Crippen molar-refractivity contribution in [3.05, 3.63) is 35.4 Å². The first-order chi connectivity index (χ1) is 7.71. The van der Waals surface area contributed by atoms with Gasteiger partial charge in [-0.1, -0.05) is 0 Å². The van der Waals surface area contributed by atoms with Crippen molar-refractivity contribution < 1.29 is 31.5 Å². The highest BCUT2D eigenvalue weighted by atomic mass is 19.4. The Kier molecular flexibility index (Phi) is 3.59. The maximum absolute atomic E-state index is 13.0. The van der Waals surface area contributed by atoms with E-state index >= 15 is 0 Å². The Bertz CT molecular complexity index is 464. The van der Waals surface area contributed by atoms with E-state index in [9.17, 15) is 31.5 Å². The number of carbonyl (C=O) groups excluding carboxylic acids is 2. The lowest BCUT2D eigenvalue weighted by molar-refractivity contribution is -0.170. The lowest BCUT2D eigenvalue weighted by Crippen LogP contribution is -2.25. The zero-order valence-corrected chi connectivity index (χ0v) is 8.15. The second-order valence-corrected chi connectivity index (χ2v) is 3.15. The van der Waals surface area contributed by atoms with Crippen molar-refractivity contribution >= 4 is 11.6 Å². The van der Waals surface area contributed by atoms with Crippen LogP contribution in [0.15, 0.2) is 18.2 Å². The number of rotatable bonds is 3. The van der Waals surface area contributed by atoms with Crippen LogP contribution in [0.25, 0.3) is 0 Å². The summed E-state index contributed by atoms with van der Waals surface area (Å²) in [6.45, 7) is 0. The van der Waals surface area contributed by atoms with Crippen LogP contribution in [0.5, 0.6) is 0 Å². The molecular weight excluding hydrogens is 247 g/mol. The van der Waals surface area contributed by atoms with Crippen molar-refractivity contribution in [2.75, 3.05) is 0 Å². The Balaban J connectivity index is 2.91. The van der Waals surface area contributed by atoms with Crippen LogP contribution in [0.1, 0.15) is 16.8 Å². The van der Waals surface area contributed by atoms with Gasteiger partial charge in [0.25, 0.3) is 0 Å². The molecule has 0 atom stereocenters. The predicted octanol–water partition coefficient (Wildman–Crippen LogP) is 2.67. The zero-order valence-electron chi connectivity index (χ0n) is 8.15. The van der Waals surface area contributed by atoms with E-state index in [2.05, 4.69) is 0 Å². The molecule has 1 aromatic rings. The molecule has 0 amide bonds. The van der Waals surface area contributed by atoms with Crippen LogP contribution in [0.3, 0.4) is 0 Å². The fourth-order valence-electron chi connectivity index (χ4n) is 1.05. The quantitative estimate of drug-likeness (QED) is 0.471. The second-order valence-electron chi connectivity index (χ2n) is 3.15. The number of halogens is 5. The molecule has 0 N–H and O–H groups in total. The van der Waals surface area contributed by atoms with E-state index in [1.807, 2.05) is 0 Å². The summed E-state index contributed by atoms with van der Waals surface area (Å²) >= 11 is 0. The van der Waals surface area contributed by atoms with Crippen LogP contribution < -0.4 is 0 Å². The van der Waals surface area contributed by atoms with E-state index in [0.717, 1.165) is 0 Å². The number of hydrogen-bond acceptors (Lipinski definition) is 2. The minimum absolute atomic E-state index is 0.446. The normalized spacial score (nSPS) is 11.4. The molecule has 0 heterocycles. The molecule has 0 saturated carbocycles. The monoisotopic (exact) mass is 252 g/mol. The maximum atomic E-state index is 13.0. The molecule has 0 saturated heterocycles. The summed E-state index contributed by atoms with van der Waals surface area (Å²) in [5, 5.41) is 0.